The number of rotatable bonds is 7. The summed E-state index contributed by atoms with van der Waals surface area (Å²) in [5, 5.41) is 2.95. The average Bonchev–Trinajstić information content (AvgIpc) is 2.58. The van der Waals surface area contributed by atoms with E-state index in [-0.39, 0.29) is 18.5 Å². The van der Waals surface area contributed by atoms with Crippen molar-refractivity contribution >= 4 is 21.6 Å². The number of hydrogen-bond donors (Lipinski definition) is 1. The van der Waals surface area contributed by atoms with Gasteiger partial charge in [-0.15, -0.1) is 0 Å². The third-order valence-electron chi connectivity index (χ3n) is 4.32. The van der Waals surface area contributed by atoms with Gasteiger partial charge in [0.25, 0.3) is 0 Å². The van der Waals surface area contributed by atoms with Crippen LogP contribution in [0.2, 0.25) is 0 Å². The fourth-order valence-corrected chi connectivity index (χ4v) is 4.01. The smallest absolute Gasteiger partial charge is 0.241 e. The van der Waals surface area contributed by atoms with Gasteiger partial charge in [0.05, 0.1) is 18.0 Å². The number of nitrogens with one attached hydrogen (secondary N) is 1. The van der Waals surface area contributed by atoms with E-state index in [1.54, 1.807) is 0 Å². The van der Waals surface area contributed by atoms with Crippen molar-refractivity contribution in [2.24, 2.45) is 0 Å². The van der Waals surface area contributed by atoms with E-state index in [0.29, 0.717) is 5.69 Å². The Hall–Kier alpha value is -2.34. The van der Waals surface area contributed by atoms with Crippen molar-refractivity contribution in [2.45, 2.75) is 33.2 Å². The van der Waals surface area contributed by atoms with Crippen molar-refractivity contribution in [2.75, 3.05) is 17.1 Å². The summed E-state index contributed by atoms with van der Waals surface area (Å²) in [4.78, 5) is 12.6. The Bertz CT molecular complexity index is 844. The third-order valence-corrected chi connectivity index (χ3v) is 5.43. The second kappa shape index (κ2) is 8.36. The van der Waals surface area contributed by atoms with Crippen LogP contribution >= 0.6 is 0 Å². The zero-order chi connectivity index (χ0) is 19.3. The molecule has 1 atom stereocenters. The largest absolute Gasteiger partial charge is 0.348 e. The molecule has 0 radical (unpaired) electrons. The summed E-state index contributed by atoms with van der Waals surface area (Å²) in [6, 6.07) is 15.1. The molecule has 0 saturated heterocycles. The molecular weight excluding hydrogens is 348 g/mol. The van der Waals surface area contributed by atoms with Crippen LogP contribution in [0.4, 0.5) is 5.69 Å². The summed E-state index contributed by atoms with van der Waals surface area (Å²) in [5.74, 6) is -0.325. The molecule has 0 spiro atoms. The lowest BCUT2D eigenvalue weighted by atomic mass is 10.0. The van der Waals surface area contributed by atoms with Gasteiger partial charge in [0.2, 0.25) is 15.9 Å². The van der Waals surface area contributed by atoms with Crippen LogP contribution in [0.3, 0.4) is 0 Å². The number of anilines is 1. The molecule has 2 rings (SSSR count). The summed E-state index contributed by atoms with van der Waals surface area (Å²) >= 11 is 0. The Morgan fingerprint density at radius 1 is 1.04 bits per heavy atom. The fourth-order valence-electron chi connectivity index (χ4n) is 3.04. The van der Waals surface area contributed by atoms with Crippen molar-refractivity contribution < 1.29 is 13.2 Å². The second-order valence-electron chi connectivity index (χ2n) is 6.45. The normalized spacial score (nSPS) is 12.5. The van der Waals surface area contributed by atoms with Crippen LogP contribution in [0.5, 0.6) is 0 Å². The van der Waals surface area contributed by atoms with Crippen molar-refractivity contribution in [3.63, 3.8) is 0 Å². The van der Waals surface area contributed by atoms with E-state index in [0.717, 1.165) is 29.4 Å². The van der Waals surface area contributed by atoms with Crippen LogP contribution in [0.15, 0.2) is 48.5 Å². The van der Waals surface area contributed by atoms with Crippen LogP contribution in [0.1, 0.15) is 36.1 Å². The number of carbonyl (C=O) groups is 1. The molecule has 0 saturated carbocycles. The SMILES string of the molecule is CC[C@@H](NC(=O)CN(c1c(C)cccc1C)S(C)(=O)=O)c1ccccc1. The Kier molecular flexibility index (Phi) is 6.42. The van der Waals surface area contributed by atoms with E-state index < -0.39 is 10.0 Å². The third kappa shape index (κ3) is 4.85. The highest BCUT2D eigenvalue weighted by atomic mass is 32.2. The number of nitrogens with zero attached hydrogens (tertiary/aromatic N) is 1. The predicted molar refractivity (Wildman–Crippen MR) is 106 cm³/mol. The maximum absolute atomic E-state index is 12.6. The summed E-state index contributed by atoms with van der Waals surface area (Å²) < 4.78 is 25.9. The number of benzene rings is 2. The highest BCUT2D eigenvalue weighted by Gasteiger charge is 2.24. The number of aryl methyl sites for hydroxylation is 2. The minimum atomic E-state index is -3.59. The molecule has 0 bridgehead atoms. The summed E-state index contributed by atoms with van der Waals surface area (Å²) in [5.41, 5.74) is 3.20. The Morgan fingerprint density at radius 2 is 1.62 bits per heavy atom. The van der Waals surface area contributed by atoms with Gasteiger partial charge in [0.15, 0.2) is 0 Å². The second-order valence-corrected chi connectivity index (χ2v) is 8.36. The molecule has 5 nitrogen and oxygen atoms in total. The summed E-state index contributed by atoms with van der Waals surface area (Å²) in [6.07, 6.45) is 1.85. The van der Waals surface area contributed by atoms with Crippen molar-refractivity contribution in [3.05, 3.63) is 65.2 Å². The van der Waals surface area contributed by atoms with Gasteiger partial charge in [-0.05, 0) is 37.0 Å². The maximum Gasteiger partial charge on any atom is 0.241 e. The van der Waals surface area contributed by atoms with Gasteiger partial charge in [0, 0.05) is 0 Å². The van der Waals surface area contributed by atoms with Gasteiger partial charge < -0.3 is 5.32 Å². The molecule has 0 unspecified atom stereocenters. The van der Waals surface area contributed by atoms with Gasteiger partial charge in [-0.2, -0.15) is 0 Å². The minimum Gasteiger partial charge on any atom is -0.348 e. The zero-order valence-electron chi connectivity index (χ0n) is 15.7. The van der Waals surface area contributed by atoms with E-state index in [4.69, 9.17) is 0 Å². The lowest BCUT2D eigenvalue weighted by molar-refractivity contribution is -0.120. The van der Waals surface area contributed by atoms with Crippen LogP contribution in [0.25, 0.3) is 0 Å². The van der Waals surface area contributed by atoms with Crippen LogP contribution in [-0.4, -0.2) is 27.1 Å². The molecule has 0 aliphatic carbocycles. The molecule has 0 fully saturated rings. The van der Waals surface area contributed by atoms with E-state index in [9.17, 15) is 13.2 Å². The number of hydrogen-bond acceptors (Lipinski definition) is 3. The molecule has 6 heteroatoms. The quantitative estimate of drug-likeness (QED) is 0.808. The molecule has 1 amide bonds. The van der Waals surface area contributed by atoms with E-state index in [1.165, 1.54) is 4.31 Å². The Balaban J connectivity index is 2.25. The molecule has 0 aliphatic heterocycles. The molecule has 0 aromatic heterocycles. The van der Waals surface area contributed by atoms with Crippen molar-refractivity contribution in [3.8, 4) is 0 Å². The maximum atomic E-state index is 12.6. The lowest BCUT2D eigenvalue weighted by Gasteiger charge is -2.26. The predicted octanol–water partition coefficient (Wildman–Crippen LogP) is 3.34. The van der Waals surface area contributed by atoms with E-state index in [1.807, 2.05) is 69.3 Å². The highest BCUT2D eigenvalue weighted by molar-refractivity contribution is 7.92. The molecular formula is C20H26N2O3S. The van der Waals surface area contributed by atoms with Gasteiger partial charge in [-0.1, -0.05) is 55.5 Å². The Labute approximate surface area is 156 Å². The first-order chi connectivity index (χ1) is 12.2. The first-order valence-electron chi connectivity index (χ1n) is 8.62. The average molecular weight is 375 g/mol. The fraction of sp³-hybridized carbons (Fsp3) is 0.350. The van der Waals surface area contributed by atoms with E-state index in [2.05, 4.69) is 5.32 Å². The van der Waals surface area contributed by atoms with Crippen LogP contribution in [-0.2, 0) is 14.8 Å². The van der Waals surface area contributed by atoms with Gasteiger partial charge in [0.1, 0.15) is 6.54 Å². The van der Waals surface area contributed by atoms with Crippen molar-refractivity contribution in [1.82, 2.24) is 5.32 Å². The van der Waals surface area contributed by atoms with Gasteiger partial charge in [-0.25, -0.2) is 8.42 Å². The zero-order valence-corrected chi connectivity index (χ0v) is 16.5. The minimum absolute atomic E-state index is 0.150. The topological polar surface area (TPSA) is 66.5 Å². The molecule has 2 aromatic carbocycles. The molecule has 0 heterocycles. The standard InChI is InChI=1S/C20H26N2O3S/c1-5-18(17-12-7-6-8-13-17)21-19(23)14-22(26(4,24)25)20-15(2)10-9-11-16(20)3/h6-13,18H,5,14H2,1-4H3,(H,21,23)/t18-/m1/s1. The number of carbonyl (C=O) groups excluding carboxylic acids is 1. The van der Waals surface area contributed by atoms with Crippen LogP contribution < -0.4 is 9.62 Å². The number of para-hydroxylation sites is 1. The molecule has 26 heavy (non-hydrogen) atoms. The monoisotopic (exact) mass is 374 g/mol. The summed E-state index contributed by atoms with van der Waals surface area (Å²) in [7, 11) is -3.59. The van der Waals surface area contributed by atoms with Gasteiger partial charge in [-0.3, -0.25) is 9.10 Å². The van der Waals surface area contributed by atoms with Crippen molar-refractivity contribution in [1.29, 1.82) is 0 Å². The first kappa shape index (κ1) is 20.0. The van der Waals surface area contributed by atoms with E-state index >= 15 is 0 Å². The Morgan fingerprint density at radius 3 is 2.12 bits per heavy atom. The first-order valence-corrected chi connectivity index (χ1v) is 10.5. The summed E-state index contributed by atoms with van der Waals surface area (Å²) in [6.45, 7) is 5.43. The molecule has 2 aromatic rings. The lowest BCUT2D eigenvalue weighted by Crippen LogP contribution is -2.42. The highest BCUT2D eigenvalue weighted by Crippen LogP contribution is 2.26. The molecule has 0 aliphatic rings. The molecule has 140 valence electrons. The number of amides is 1. The number of sulfonamides is 1. The van der Waals surface area contributed by atoms with Crippen LogP contribution in [0, 0.1) is 13.8 Å². The van der Waals surface area contributed by atoms with Gasteiger partial charge >= 0.3 is 0 Å². The molecule has 1 N–H and O–H groups in total.